The van der Waals surface area contributed by atoms with Gasteiger partial charge < -0.3 is 19.2 Å². The SMILES string of the molecule is COc1cc(/C=N/NC(=O)c2c[nH]c3ccccc23)ccc1OC(=O)c1ccc(Cl)cc1OC(C)=O. The molecule has 0 atom stereocenters. The van der Waals surface area contributed by atoms with E-state index < -0.39 is 11.9 Å². The van der Waals surface area contributed by atoms with Gasteiger partial charge in [-0.25, -0.2) is 10.2 Å². The fourth-order valence-electron chi connectivity index (χ4n) is 3.39. The van der Waals surface area contributed by atoms with Crippen molar-refractivity contribution in [3.8, 4) is 17.2 Å². The Morgan fingerprint density at radius 2 is 1.75 bits per heavy atom. The number of carbonyl (C=O) groups is 3. The number of carbonyl (C=O) groups excluding carboxylic acids is 3. The number of amides is 1. The summed E-state index contributed by atoms with van der Waals surface area (Å²) in [6.45, 7) is 1.21. The number of aromatic amines is 1. The van der Waals surface area contributed by atoms with Gasteiger partial charge in [0, 0.05) is 35.1 Å². The zero-order chi connectivity index (χ0) is 25.7. The molecular weight excluding hydrogens is 486 g/mol. The maximum absolute atomic E-state index is 12.7. The molecule has 0 radical (unpaired) electrons. The number of aromatic nitrogens is 1. The number of nitrogens with zero attached hydrogens (tertiary/aromatic N) is 1. The molecule has 1 heterocycles. The molecule has 3 aromatic carbocycles. The number of hydrogen-bond donors (Lipinski definition) is 2. The minimum absolute atomic E-state index is 0.0160. The molecule has 0 bridgehead atoms. The van der Waals surface area contributed by atoms with E-state index in [1.165, 1.54) is 44.5 Å². The van der Waals surface area contributed by atoms with Crippen molar-refractivity contribution in [2.45, 2.75) is 6.92 Å². The van der Waals surface area contributed by atoms with Crippen molar-refractivity contribution >= 4 is 46.6 Å². The lowest BCUT2D eigenvalue weighted by Gasteiger charge is -2.12. The number of hydrogen-bond acceptors (Lipinski definition) is 7. The molecule has 182 valence electrons. The van der Waals surface area contributed by atoms with Crippen LogP contribution in [0.2, 0.25) is 5.02 Å². The summed E-state index contributed by atoms with van der Waals surface area (Å²) in [6, 6.07) is 16.4. The molecule has 10 heteroatoms. The number of nitrogens with one attached hydrogen (secondary N) is 2. The van der Waals surface area contributed by atoms with E-state index in [-0.39, 0.29) is 28.7 Å². The van der Waals surface area contributed by atoms with Gasteiger partial charge in [-0.1, -0.05) is 29.8 Å². The molecule has 0 aliphatic rings. The van der Waals surface area contributed by atoms with Crippen LogP contribution in [-0.4, -0.2) is 36.2 Å². The summed E-state index contributed by atoms with van der Waals surface area (Å²) in [4.78, 5) is 39.6. The minimum atomic E-state index is -0.770. The zero-order valence-electron chi connectivity index (χ0n) is 19.2. The van der Waals surface area contributed by atoms with Crippen LogP contribution in [0, 0.1) is 0 Å². The lowest BCUT2D eigenvalue weighted by atomic mass is 10.2. The second-order valence-electron chi connectivity index (χ2n) is 7.48. The van der Waals surface area contributed by atoms with Crippen LogP contribution in [0.3, 0.4) is 0 Å². The van der Waals surface area contributed by atoms with Gasteiger partial charge in [-0.3, -0.25) is 9.59 Å². The topological polar surface area (TPSA) is 119 Å². The Balaban J connectivity index is 1.47. The van der Waals surface area contributed by atoms with Gasteiger partial charge in [0.2, 0.25) is 0 Å². The maximum Gasteiger partial charge on any atom is 0.347 e. The molecule has 2 N–H and O–H groups in total. The third-order valence-electron chi connectivity index (χ3n) is 5.02. The fourth-order valence-corrected chi connectivity index (χ4v) is 3.55. The molecule has 9 nitrogen and oxygen atoms in total. The fraction of sp³-hybridized carbons (Fsp3) is 0.0769. The molecule has 0 saturated heterocycles. The normalized spacial score (nSPS) is 10.9. The van der Waals surface area contributed by atoms with Crippen molar-refractivity contribution in [2.75, 3.05) is 7.11 Å². The predicted molar refractivity (Wildman–Crippen MR) is 134 cm³/mol. The molecule has 4 rings (SSSR count). The third kappa shape index (κ3) is 5.53. The number of benzene rings is 3. The molecule has 0 spiro atoms. The summed E-state index contributed by atoms with van der Waals surface area (Å²) in [5.74, 6) is -1.39. The number of methoxy groups -OCH3 is 1. The number of rotatable bonds is 7. The highest BCUT2D eigenvalue weighted by atomic mass is 35.5. The average molecular weight is 506 g/mol. The molecule has 1 aromatic heterocycles. The van der Waals surface area contributed by atoms with Crippen molar-refractivity contribution in [3.05, 3.63) is 88.6 Å². The molecule has 1 amide bonds. The van der Waals surface area contributed by atoms with Gasteiger partial charge >= 0.3 is 11.9 Å². The molecule has 4 aromatic rings. The van der Waals surface area contributed by atoms with Crippen LogP contribution in [0.25, 0.3) is 10.9 Å². The van der Waals surface area contributed by atoms with Crippen molar-refractivity contribution in [1.29, 1.82) is 0 Å². The van der Waals surface area contributed by atoms with Crippen LogP contribution in [-0.2, 0) is 4.79 Å². The number of para-hydroxylation sites is 1. The Morgan fingerprint density at radius 3 is 2.53 bits per heavy atom. The second kappa shape index (κ2) is 10.7. The van der Waals surface area contributed by atoms with E-state index in [1.807, 2.05) is 24.3 Å². The number of ether oxygens (including phenoxy) is 3. The molecular formula is C26H20ClN3O6. The van der Waals surface area contributed by atoms with E-state index in [0.717, 1.165) is 10.9 Å². The van der Waals surface area contributed by atoms with Crippen LogP contribution < -0.4 is 19.6 Å². The van der Waals surface area contributed by atoms with E-state index in [2.05, 4.69) is 15.5 Å². The van der Waals surface area contributed by atoms with E-state index in [4.69, 9.17) is 25.8 Å². The largest absolute Gasteiger partial charge is 0.493 e. The second-order valence-corrected chi connectivity index (χ2v) is 7.92. The van der Waals surface area contributed by atoms with Crippen molar-refractivity contribution in [1.82, 2.24) is 10.4 Å². The Labute approximate surface area is 210 Å². The highest BCUT2D eigenvalue weighted by molar-refractivity contribution is 6.30. The average Bonchev–Trinajstić information content (AvgIpc) is 3.29. The van der Waals surface area contributed by atoms with Crippen LogP contribution in [0.4, 0.5) is 0 Å². The van der Waals surface area contributed by atoms with Crippen molar-refractivity contribution < 1.29 is 28.6 Å². The summed E-state index contributed by atoms with van der Waals surface area (Å²) in [5.41, 5.74) is 4.40. The van der Waals surface area contributed by atoms with Gasteiger partial charge in [-0.2, -0.15) is 5.10 Å². The summed E-state index contributed by atoms with van der Waals surface area (Å²) in [6.07, 6.45) is 3.05. The molecule has 0 aliphatic carbocycles. The monoisotopic (exact) mass is 505 g/mol. The van der Waals surface area contributed by atoms with Gasteiger partial charge in [0.15, 0.2) is 11.5 Å². The van der Waals surface area contributed by atoms with Gasteiger partial charge in [0.05, 0.1) is 18.9 Å². The summed E-state index contributed by atoms with van der Waals surface area (Å²) in [7, 11) is 1.42. The number of halogens is 1. The Bertz CT molecular complexity index is 1490. The Kier molecular flexibility index (Phi) is 7.31. The maximum atomic E-state index is 12.7. The van der Waals surface area contributed by atoms with Crippen LogP contribution in [0.1, 0.15) is 33.2 Å². The van der Waals surface area contributed by atoms with E-state index in [9.17, 15) is 14.4 Å². The molecule has 0 saturated carbocycles. The smallest absolute Gasteiger partial charge is 0.347 e. The lowest BCUT2D eigenvalue weighted by molar-refractivity contribution is -0.131. The minimum Gasteiger partial charge on any atom is -0.493 e. The predicted octanol–water partition coefficient (Wildman–Crippen LogP) is 4.74. The number of fused-ring (bicyclic) bond motifs is 1. The number of H-pyrrole nitrogens is 1. The van der Waals surface area contributed by atoms with Gasteiger partial charge in [-0.05, 0) is 42.0 Å². The van der Waals surface area contributed by atoms with E-state index in [0.29, 0.717) is 16.1 Å². The van der Waals surface area contributed by atoms with Crippen molar-refractivity contribution in [3.63, 3.8) is 0 Å². The van der Waals surface area contributed by atoms with Crippen LogP contribution >= 0.6 is 11.6 Å². The van der Waals surface area contributed by atoms with E-state index in [1.54, 1.807) is 18.3 Å². The quantitative estimate of drug-likeness (QED) is 0.162. The summed E-state index contributed by atoms with van der Waals surface area (Å²) < 4.78 is 15.9. The van der Waals surface area contributed by atoms with Crippen LogP contribution in [0.5, 0.6) is 17.2 Å². The van der Waals surface area contributed by atoms with Crippen molar-refractivity contribution in [2.24, 2.45) is 5.10 Å². The number of esters is 2. The standard InChI is InChI=1S/C26H20ClN3O6/c1-15(31)35-23-12-17(27)8-9-19(23)26(33)36-22-10-7-16(11-24(22)34-2)13-29-30-25(32)20-14-28-21-6-4-3-5-18(20)21/h3-14,28H,1-2H3,(H,30,32)/b29-13+. The molecule has 36 heavy (non-hydrogen) atoms. The molecule has 0 aliphatic heterocycles. The zero-order valence-corrected chi connectivity index (χ0v) is 20.0. The first-order chi connectivity index (χ1) is 17.4. The van der Waals surface area contributed by atoms with Gasteiger partial charge in [0.25, 0.3) is 5.91 Å². The molecule has 0 unspecified atom stereocenters. The first-order valence-corrected chi connectivity index (χ1v) is 11.0. The molecule has 0 fully saturated rings. The Hall–Kier alpha value is -4.63. The van der Waals surface area contributed by atoms with Gasteiger partial charge in [-0.15, -0.1) is 0 Å². The lowest BCUT2D eigenvalue weighted by Crippen LogP contribution is -2.17. The number of hydrazone groups is 1. The third-order valence-corrected chi connectivity index (χ3v) is 5.26. The summed E-state index contributed by atoms with van der Waals surface area (Å²) in [5, 5.41) is 5.08. The first-order valence-electron chi connectivity index (χ1n) is 10.6. The first kappa shape index (κ1) is 24.5. The van der Waals surface area contributed by atoms with Crippen LogP contribution in [0.15, 0.2) is 72.0 Å². The summed E-state index contributed by atoms with van der Waals surface area (Å²) >= 11 is 5.94. The highest BCUT2D eigenvalue weighted by Gasteiger charge is 2.19. The highest BCUT2D eigenvalue weighted by Crippen LogP contribution is 2.30. The van der Waals surface area contributed by atoms with E-state index >= 15 is 0 Å². The Morgan fingerprint density at radius 1 is 0.944 bits per heavy atom. The van der Waals surface area contributed by atoms with Gasteiger partial charge in [0.1, 0.15) is 11.3 Å².